The number of rotatable bonds is 5. The molecule has 0 spiro atoms. The standard InChI is InChI=1S/C13H9Cl3N2O5S/c1-23-10-4-5-11(13(16)12(10)15)24(21,22)17-9-6-7(18(19)20)2-3-8(9)14/h2-6,17H,1H3. The summed E-state index contributed by atoms with van der Waals surface area (Å²) in [5.74, 6) is 0.203. The number of nitrogens with one attached hydrogen (secondary N) is 1. The summed E-state index contributed by atoms with van der Waals surface area (Å²) in [7, 11) is -2.83. The van der Waals surface area contributed by atoms with E-state index in [-0.39, 0.29) is 37.1 Å². The van der Waals surface area contributed by atoms with Crippen molar-refractivity contribution in [3.63, 3.8) is 0 Å². The lowest BCUT2D eigenvalue weighted by Gasteiger charge is -2.13. The Morgan fingerprint density at radius 3 is 2.38 bits per heavy atom. The van der Waals surface area contributed by atoms with Gasteiger partial charge in [0.25, 0.3) is 15.7 Å². The number of hydrogen-bond acceptors (Lipinski definition) is 5. The number of nitro groups is 1. The van der Waals surface area contributed by atoms with Crippen LogP contribution < -0.4 is 9.46 Å². The number of hydrogen-bond donors (Lipinski definition) is 1. The summed E-state index contributed by atoms with van der Waals surface area (Å²) in [6.07, 6.45) is 0. The monoisotopic (exact) mass is 410 g/mol. The van der Waals surface area contributed by atoms with Crippen LogP contribution in [0.25, 0.3) is 0 Å². The molecule has 2 aromatic carbocycles. The number of benzene rings is 2. The maximum Gasteiger partial charge on any atom is 0.271 e. The fraction of sp³-hybridized carbons (Fsp3) is 0.0769. The third-order valence-electron chi connectivity index (χ3n) is 2.93. The molecular formula is C13H9Cl3N2O5S. The van der Waals surface area contributed by atoms with Gasteiger partial charge in [-0.05, 0) is 18.2 Å². The molecular weight excluding hydrogens is 403 g/mol. The zero-order valence-electron chi connectivity index (χ0n) is 11.9. The molecule has 2 rings (SSSR count). The molecule has 0 aliphatic rings. The first-order valence-corrected chi connectivity index (χ1v) is 8.78. The van der Waals surface area contributed by atoms with Gasteiger partial charge >= 0.3 is 0 Å². The van der Waals surface area contributed by atoms with E-state index in [1.165, 1.54) is 25.3 Å². The van der Waals surface area contributed by atoms with Gasteiger partial charge in [-0.1, -0.05) is 34.8 Å². The largest absolute Gasteiger partial charge is 0.495 e. The van der Waals surface area contributed by atoms with E-state index in [4.69, 9.17) is 39.5 Å². The molecule has 128 valence electrons. The quantitative estimate of drug-likeness (QED) is 0.582. The van der Waals surface area contributed by atoms with Crippen molar-refractivity contribution in [3.8, 4) is 5.75 Å². The molecule has 0 aliphatic heterocycles. The van der Waals surface area contributed by atoms with Crippen LogP contribution in [0.4, 0.5) is 11.4 Å². The first-order chi connectivity index (χ1) is 11.2. The molecule has 0 radical (unpaired) electrons. The molecule has 0 saturated heterocycles. The van der Waals surface area contributed by atoms with Crippen LogP contribution in [0.5, 0.6) is 5.75 Å². The summed E-state index contributed by atoms with van der Waals surface area (Å²) in [5, 5.41) is 10.5. The average Bonchev–Trinajstić information content (AvgIpc) is 2.51. The van der Waals surface area contributed by atoms with E-state index < -0.39 is 14.9 Å². The summed E-state index contributed by atoms with van der Waals surface area (Å²) < 4.78 is 32.1. The molecule has 0 unspecified atom stereocenters. The normalized spacial score (nSPS) is 11.2. The molecule has 0 amide bonds. The van der Waals surface area contributed by atoms with Crippen molar-refractivity contribution >= 4 is 56.2 Å². The van der Waals surface area contributed by atoms with Crippen molar-refractivity contribution in [1.29, 1.82) is 0 Å². The van der Waals surface area contributed by atoms with Crippen molar-refractivity contribution < 1.29 is 18.1 Å². The van der Waals surface area contributed by atoms with Crippen molar-refractivity contribution in [2.45, 2.75) is 4.90 Å². The summed E-state index contributed by atoms with van der Waals surface area (Å²) in [6.45, 7) is 0. The SMILES string of the molecule is COc1ccc(S(=O)(=O)Nc2cc([N+](=O)[O-])ccc2Cl)c(Cl)c1Cl. The Kier molecular flexibility index (Phi) is 5.44. The van der Waals surface area contributed by atoms with Crippen LogP contribution in [0.15, 0.2) is 35.2 Å². The van der Waals surface area contributed by atoms with E-state index in [0.29, 0.717) is 0 Å². The molecule has 2 aromatic rings. The zero-order chi connectivity index (χ0) is 18.1. The number of ether oxygens (including phenoxy) is 1. The van der Waals surface area contributed by atoms with Gasteiger partial charge in [0.1, 0.15) is 15.7 Å². The Morgan fingerprint density at radius 1 is 1.12 bits per heavy atom. The maximum atomic E-state index is 12.5. The molecule has 7 nitrogen and oxygen atoms in total. The molecule has 11 heteroatoms. The lowest BCUT2D eigenvalue weighted by molar-refractivity contribution is -0.384. The molecule has 0 saturated carbocycles. The van der Waals surface area contributed by atoms with Gasteiger partial charge in [0, 0.05) is 12.1 Å². The molecule has 24 heavy (non-hydrogen) atoms. The second kappa shape index (κ2) is 7.02. The van der Waals surface area contributed by atoms with Crippen LogP contribution in [-0.2, 0) is 10.0 Å². The Hall–Kier alpha value is -1.74. The maximum absolute atomic E-state index is 12.5. The van der Waals surface area contributed by atoms with Crippen molar-refractivity contribution in [2.75, 3.05) is 11.8 Å². The van der Waals surface area contributed by atoms with Crippen LogP contribution in [0, 0.1) is 10.1 Å². The first-order valence-electron chi connectivity index (χ1n) is 6.16. The molecule has 0 aliphatic carbocycles. The van der Waals surface area contributed by atoms with Crippen LogP contribution in [0.2, 0.25) is 15.1 Å². The van der Waals surface area contributed by atoms with Gasteiger partial charge in [0.05, 0.1) is 27.8 Å². The number of anilines is 1. The predicted octanol–water partition coefficient (Wildman–Crippen LogP) is 4.36. The van der Waals surface area contributed by atoms with Crippen LogP contribution in [0.1, 0.15) is 0 Å². The highest BCUT2D eigenvalue weighted by atomic mass is 35.5. The summed E-state index contributed by atoms with van der Waals surface area (Å²) in [5.41, 5.74) is -0.482. The molecule has 1 N–H and O–H groups in total. The van der Waals surface area contributed by atoms with E-state index in [2.05, 4.69) is 4.72 Å². The van der Waals surface area contributed by atoms with Gasteiger partial charge in [-0.15, -0.1) is 0 Å². The number of methoxy groups -OCH3 is 1. The van der Waals surface area contributed by atoms with E-state index in [9.17, 15) is 18.5 Å². The Labute approximate surface area is 152 Å². The number of nitro benzene ring substituents is 1. The minimum Gasteiger partial charge on any atom is -0.495 e. The second-order valence-electron chi connectivity index (χ2n) is 4.42. The number of nitrogens with zero attached hydrogens (tertiary/aromatic N) is 1. The lowest BCUT2D eigenvalue weighted by atomic mass is 10.3. The van der Waals surface area contributed by atoms with Crippen molar-refractivity contribution in [1.82, 2.24) is 0 Å². The molecule has 0 bridgehead atoms. The van der Waals surface area contributed by atoms with Gasteiger partial charge in [-0.3, -0.25) is 14.8 Å². The molecule has 0 fully saturated rings. The van der Waals surface area contributed by atoms with E-state index in [1.807, 2.05) is 0 Å². The number of sulfonamides is 1. The van der Waals surface area contributed by atoms with Gasteiger partial charge in [-0.25, -0.2) is 8.42 Å². The van der Waals surface area contributed by atoms with Gasteiger partial charge < -0.3 is 4.74 Å². The van der Waals surface area contributed by atoms with E-state index >= 15 is 0 Å². The van der Waals surface area contributed by atoms with Crippen molar-refractivity contribution in [3.05, 3.63) is 55.5 Å². The Bertz CT molecular complexity index is 918. The molecule has 0 aromatic heterocycles. The summed E-state index contributed by atoms with van der Waals surface area (Å²) in [6, 6.07) is 5.88. The molecule has 0 heterocycles. The highest BCUT2D eigenvalue weighted by Crippen LogP contribution is 2.38. The second-order valence-corrected chi connectivity index (χ2v) is 7.23. The fourth-order valence-corrected chi connectivity index (χ4v) is 3.92. The van der Waals surface area contributed by atoms with Gasteiger partial charge in [0.2, 0.25) is 0 Å². The van der Waals surface area contributed by atoms with Crippen molar-refractivity contribution in [2.24, 2.45) is 0 Å². The lowest BCUT2D eigenvalue weighted by Crippen LogP contribution is -2.14. The van der Waals surface area contributed by atoms with Crippen LogP contribution in [0.3, 0.4) is 0 Å². The third-order valence-corrected chi connectivity index (χ3v) is 5.64. The number of non-ortho nitro benzene ring substituents is 1. The van der Waals surface area contributed by atoms with E-state index in [1.54, 1.807) is 0 Å². The van der Waals surface area contributed by atoms with Crippen LogP contribution in [-0.4, -0.2) is 20.5 Å². The summed E-state index contributed by atoms with van der Waals surface area (Å²) >= 11 is 17.8. The molecule has 0 atom stereocenters. The smallest absolute Gasteiger partial charge is 0.271 e. The van der Waals surface area contributed by atoms with Crippen LogP contribution >= 0.6 is 34.8 Å². The average molecular weight is 412 g/mol. The van der Waals surface area contributed by atoms with E-state index in [0.717, 1.165) is 12.1 Å². The van der Waals surface area contributed by atoms with Gasteiger partial charge in [-0.2, -0.15) is 0 Å². The highest BCUT2D eigenvalue weighted by Gasteiger charge is 2.23. The topological polar surface area (TPSA) is 98.5 Å². The summed E-state index contributed by atoms with van der Waals surface area (Å²) in [4.78, 5) is 9.81. The Morgan fingerprint density at radius 2 is 1.79 bits per heavy atom. The minimum atomic E-state index is -4.19. The number of halogens is 3. The first kappa shape index (κ1) is 18.6. The third kappa shape index (κ3) is 3.67. The fourth-order valence-electron chi connectivity index (χ4n) is 1.78. The highest BCUT2D eigenvalue weighted by molar-refractivity contribution is 7.92. The zero-order valence-corrected chi connectivity index (χ0v) is 15.0. The minimum absolute atomic E-state index is 0.0140. The van der Waals surface area contributed by atoms with Gasteiger partial charge in [0.15, 0.2) is 0 Å². The Balaban J connectivity index is 2.48. The predicted molar refractivity (Wildman–Crippen MR) is 91.9 cm³/mol.